The predicted octanol–water partition coefficient (Wildman–Crippen LogP) is 4.90. The fraction of sp³-hybridized carbons (Fsp3) is 0.174. The molecule has 3 aromatic heterocycles. The maximum absolute atomic E-state index is 11.9. The molecule has 0 aliphatic rings. The van der Waals surface area contributed by atoms with E-state index in [9.17, 15) is 9.90 Å². The molecule has 8 heteroatoms. The lowest BCUT2D eigenvalue weighted by molar-refractivity contribution is 0.0690. The van der Waals surface area contributed by atoms with Crippen LogP contribution in [0.15, 0.2) is 53.3 Å². The van der Waals surface area contributed by atoms with E-state index in [-0.39, 0.29) is 11.6 Å². The lowest BCUT2D eigenvalue weighted by atomic mass is 10.1. The fourth-order valence-corrected chi connectivity index (χ4v) is 3.46. The number of methoxy groups -OCH3 is 1. The molecule has 4 rings (SSSR count). The van der Waals surface area contributed by atoms with Gasteiger partial charge in [0.2, 0.25) is 5.88 Å². The van der Waals surface area contributed by atoms with E-state index in [1.54, 1.807) is 29.3 Å². The van der Waals surface area contributed by atoms with Gasteiger partial charge in [0.25, 0.3) is 0 Å². The second kappa shape index (κ2) is 7.98. The summed E-state index contributed by atoms with van der Waals surface area (Å²) in [7, 11) is 1.44. The highest BCUT2D eigenvalue weighted by Crippen LogP contribution is 2.37. The van der Waals surface area contributed by atoms with Crippen molar-refractivity contribution in [2.75, 3.05) is 12.4 Å². The van der Waals surface area contributed by atoms with Crippen molar-refractivity contribution in [3.05, 3.63) is 71.4 Å². The number of ether oxygens (including phenoxy) is 1. The summed E-state index contributed by atoms with van der Waals surface area (Å²) in [6.45, 7) is 5.92. The summed E-state index contributed by atoms with van der Waals surface area (Å²) in [6.07, 6.45) is 3.22. The molecule has 158 valence electrons. The number of carboxylic acids is 1. The molecule has 0 bridgehead atoms. The third-order valence-corrected chi connectivity index (χ3v) is 5.00. The molecule has 0 amide bonds. The second-order valence-electron chi connectivity index (χ2n) is 7.20. The van der Waals surface area contributed by atoms with Crippen molar-refractivity contribution in [2.24, 2.45) is 0 Å². The van der Waals surface area contributed by atoms with Gasteiger partial charge in [0.15, 0.2) is 5.69 Å². The van der Waals surface area contributed by atoms with Gasteiger partial charge in [-0.1, -0.05) is 12.1 Å². The number of hydrogen-bond donors (Lipinski definition) is 2. The Morgan fingerprint density at radius 1 is 1.16 bits per heavy atom. The van der Waals surface area contributed by atoms with Crippen LogP contribution >= 0.6 is 0 Å². The molecule has 0 saturated heterocycles. The highest BCUT2D eigenvalue weighted by molar-refractivity contribution is 5.94. The summed E-state index contributed by atoms with van der Waals surface area (Å²) in [5.74, 6) is -0.333. The van der Waals surface area contributed by atoms with Crippen molar-refractivity contribution in [3.8, 4) is 22.7 Å². The molecule has 31 heavy (non-hydrogen) atoms. The first kappa shape index (κ1) is 20.2. The average molecular weight is 418 g/mol. The molecular formula is C23H22N4O4. The van der Waals surface area contributed by atoms with E-state index >= 15 is 0 Å². The molecule has 0 aliphatic heterocycles. The number of nitrogens with one attached hydrogen (secondary N) is 1. The van der Waals surface area contributed by atoms with Gasteiger partial charge in [-0.25, -0.2) is 14.5 Å². The number of carbonyl (C=O) groups is 1. The topological polar surface area (TPSA) is 102 Å². The Bertz CT molecular complexity index is 1260. The summed E-state index contributed by atoms with van der Waals surface area (Å²) in [5.41, 5.74) is 5.58. The quantitative estimate of drug-likeness (QED) is 0.459. The first-order valence-electron chi connectivity index (χ1n) is 9.64. The average Bonchev–Trinajstić information content (AvgIpc) is 3.37. The molecule has 2 N–H and O–H groups in total. The summed E-state index contributed by atoms with van der Waals surface area (Å²) in [4.78, 5) is 15.9. The first-order valence-corrected chi connectivity index (χ1v) is 9.64. The molecule has 8 nitrogen and oxygen atoms in total. The van der Waals surface area contributed by atoms with Gasteiger partial charge in [-0.15, -0.1) is 0 Å². The van der Waals surface area contributed by atoms with Crippen molar-refractivity contribution < 1.29 is 19.1 Å². The van der Waals surface area contributed by atoms with Crippen molar-refractivity contribution in [1.82, 2.24) is 14.8 Å². The summed E-state index contributed by atoms with van der Waals surface area (Å²) in [6, 6.07) is 11.2. The van der Waals surface area contributed by atoms with Gasteiger partial charge in [-0.05, 0) is 50.1 Å². The van der Waals surface area contributed by atoms with Gasteiger partial charge >= 0.3 is 5.97 Å². The molecule has 0 aliphatic carbocycles. The van der Waals surface area contributed by atoms with E-state index in [1.807, 2.05) is 45.0 Å². The number of furan rings is 1. The van der Waals surface area contributed by atoms with E-state index in [4.69, 9.17) is 14.3 Å². The number of nitrogens with zero attached hydrogens (tertiary/aromatic N) is 3. The smallest absolute Gasteiger partial charge is 0.356 e. The van der Waals surface area contributed by atoms with Gasteiger partial charge in [0.05, 0.1) is 42.3 Å². The predicted molar refractivity (Wildman–Crippen MR) is 117 cm³/mol. The Morgan fingerprint density at radius 3 is 2.65 bits per heavy atom. The Balaban J connectivity index is 1.95. The van der Waals surface area contributed by atoms with Crippen LogP contribution in [0.4, 0.5) is 11.5 Å². The molecule has 4 aromatic rings. The van der Waals surface area contributed by atoms with Crippen LogP contribution in [-0.4, -0.2) is 33.0 Å². The van der Waals surface area contributed by atoms with Crippen LogP contribution < -0.4 is 10.1 Å². The molecule has 0 fully saturated rings. The zero-order valence-corrected chi connectivity index (χ0v) is 17.6. The number of anilines is 2. The van der Waals surface area contributed by atoms with Crippen LogP contribution in [0.1, 0.15) is 27.3 Å². The minimum Gasteiger partial charge on any atom is -0.481 e. The zero-order chi connectivity index (χ0) is 22.1. The molecule has 1 aromatic carbocycles. The lowest BCUT2D eigenvalue weighted by Crippen LogP contribution is -2.10. The molecule has 0 spiro atoms. The maximum Gasteiger partial charge on any atom is 0.356 e. The largest absolute Gasteiger partial charge is 0.481 e. The van der Waals surface area contributed by atoms with E-state index < -0.39 is 5.97 Å². The standard InChI is InChI=1S/C23H22N4O4/c1-13-5-6-14(2)18(11-13)27-22(20(15(3)26-27)16-9-10-31-12-16)24-17-7-8-19(30-4)25-21(17)23(28)29/h5-12,24H,1-4H3,(H,28,29). The van der Waals surface area contributed by atoms with Crippen LogP contribution in [0.25, 0.3) is 16.8 Å². The highest BCUT2D eigenvalue weighted by atomic mass is 16.5. The number of aromatic carboxylic acids is 1. The summed E-state index contributed by atoms with van der Waals surface area (Å²) >= 11 is 0. The number of hydrogen-bond acceptors (Lipinski definition) is 6. The molecular weight excluding hydrogens is 396 g/mol. The first-order chi connectivity index (χ1) is 14.9. The van der Waals surface area contributed by atoms with Gasteiger partial charge in [-0.3, -0.25) is 0 Å². The summed E-state index contributed by atoms with van der Waals surface area (Å²) < 4.78 is 12.2. The lowest BCUT2D eigenvalue weighted by Gasteiger charge is -2.15. The van der Waals surface area contributed by atoms with Gasteiger partial charge in [-0.2, -0.15) is 5.10 Å². The van der Waals surface area contributed by atoms with Gasteiger partial charge < -0.3 is 19.6 Å². The number of aromatic nitrogens is 3. The van der Waals surface area contributed by atoms with Crippen molar-refractivity contribution >= 4 is 17.5 Å². The van der Waals surface area contributed by atoms with Crippen molar-refractivity contribution in [1.29, 1.82) is 0 Å². The second-order valence-corrected chi connectivity index (χ2v) is 7.20. The Morgan fingerprint density at radius 2 is 1.97 bits per heavy atom. The van der Waals surface area contributed by atoms with E-state index in [1.165, 1.54) is 7.11 Å². The minimum atomic E-state index is -1.17. The highest BCUT2D eigenvalue weighted by Gasteiger charge is 2.23. The summed E-state index contributed by atoms with van der Waals surface area (Å²) in [5, 5.41) is 17.7. The third-order valence-electron chi connectivity index (χ3n) is 5.00. The van der Waals surface area contributed by atoms with Crippen LogP contribution in [0, 0.1) is 20.8 Å². The molecule has 0 unspecified atom stereocenters. The van der Waals surface area contributed by atoms with Crippen molar-refractivity contribution in [2.45, 2.75) is 20.8 Å². The number of pyridine rings is 1. The molecule has 3 heterocycles. The van der Waals surface area contributed by atoms with E-state index in [2.05, 4.69) is 10.3 Å². The van der Waals surface area contributed by atoms with E-state index in [0.29, 0.717) is 11.5 Å². The third kappa shape index (κ3) is 3.75. The number of rotatable bonds is 6. The number of aryl methyl sites for hydroxylation is 3. The molecule has 0 saturated carbocycles. The normalized spacial score (nSPS) is 10.8. The minimum absolute atomic E-state index is 0.149. The van der Waals surface area contributed by atoms with Gasteiger partial charge in [0, 0.05) is 11.6 Å². The van der Waals surface area contributed by atoms with Crippen LogP contribution in [0.5, 0.6) is 5.88 Å². The number of benzene rings is 1. The van der Waals surface area contributed by atoms with Crippen LogP contribution in [0.3, 0.4) is 0 Å². The SMILES string of the molecule is COc1ccc(Nc2c(-c3ccoc3)c(C)nn2-c2cc(C)ccc2C)c(C(=O)O)n1. The zero-order valence-electron chi connectivity index (χ0n) is 17.6. The monoisotopic (exact) mass is 418 g/mol. The maximum atomic E-state index is 11.9. The Hall–Kier alpha value is -4.07. The Kier molecular flexibility index (Phi) is 5.21. The van der Waals surface area contributed by atoms with Crippen LogP contribution in [0.2, 0.25) is 0 Å². The number of carboxylic acid groups (broad SMARTS) is 1. The molecule has 0 atom stereocenters. The fourth-order valence-electron chi connectivity index (χ4n) is 3.46. The van der Waals surface area contributed by atoms with E-state index in [0.717, 1.165) is 33.6 Å². The van der Waals surface area contributed by atoms with Gasteiger partial charge in [0.1, 0.15) is 5.82 Å². The Labute approximate surface area is 179 Å². The molecule has 0 radical (unpaired) electrons. The van der Waals surface area contributed by atoms with Crippen LogP contribution in [-0.2, 0) is 0 Å². The van der Waals surface area contributed by atoms with Crippen molar-refractivity contribution in [3.63, 3.8) is 0 Å².